The predicted molar refractivity (Wildman–Crippen MR) is 126 cm³/mol. The van der Waals surface area contributed by atoms with Crippen molar-refractivity contribution in [1.29, 1.82) is 0 Å². The lowest BCUT2D eigenvalue weighted by Gasteiger charge is -2.56. The van der Waals surface area contributed by atoms with Crippen LogP contribution in [0.4, 0.5) is 20.2 Å². The molecule has 2 saturated heterocycles. The number of halogens is 2. The molecule has 1 spiro atoms. The molecule has 0 unspecified atom stereocenters. The summed E-state index contributed by atoms with van der Waals surface area (Å²) >= 11 is 0. The van der Waals surface area contributed by atoms with Crippen molar-refractivity contribution in [2.45, 2.75) is 13.3 Å². The van der Waals surface area contributed by atoms with Gasteiger partial charge in [-0.3, -0.25) is 4.79 Å². The van der Waals surface area contributed by atoms with Gasteiger partial charge in [-0.05, 0) is 30.7 Å². The number of pyridine rings is 1. The van der Waals surface area contributed by atoms with Crippen LogP contribution in [0.1, 0.15) is 27.9 Å². The van der Waals surface area contributed by atoms with Crippen molar-refractivity contribution in [2.75, 3.05) is 36.5 Å². The summed E-state index contributed by atoms with van der Waals surface area (Å²) in [5.74, 6) is 0.00791. The van der Waals surface area contributed by atoms with Gasteiger partial charge in [-0.15, -0.1) is 0 Å². The monoisotopic (exact) mass is 476 g/mol. The number of hydrogen-bond donors (Lipinski definition) is 1. The summed E-state index contributed by atoms with van der Waals surface area (Å²) in [6, 6.07) is 9.34. The number of alkyl halides is 2. The minimum absolute atomic E-state index is 0.240. The first kappa shape index (κ1) is 21.6. The third kappa shape index (κ3) is 3.79. The first-order valence-corrected chi connectivity index (χ1v) is 11.2. The van der Waals surface area contributed by atoms with E-state index >= 15 is 0 Å². The minimum Gasteiger partial charge on any atom is -0.380 e. The topological polar surface area (TPSA) is 84.7 Å². The number of fused-ring (bicyclic) bond motifs is 1. The number of amides is 1. The number of carbonyl (C=O) groups is 1. The van der Waals surface area contributed by atoms with Crippen LogP contribution in [0.25, 0.3) is 16.9 Å². The van der Waals surface area contributed by atoms with Gasteiger partial charge in [0.1, 0.15) is 0 Å². The molecule has 5 heterocycles. The second-order valence-corrected chi connectivity index (χ2v) is 9.25. The van der Waals surface area contributed by atoms with Gasteiger partial charge in [0.15, 0.2) is 5.82 Å². The molecule has 3 aromatic heterocycles. The zero-order valence-corrected chi connectivity index (χ0v) is 18.9. The van der Waals surface area contributed by atoms with Gasteiger partial charge >= 0.3 is 0 Å². The number of nitrogens with one attached hydrogen (secondary N) is 1. The van der Waals surface area contributed by atoms with E-state index in [2.05, 4.69) is 25.3 Å². The number of nitrogens with zero attached hydrogens (tertiary/aromatic N) is 5. The van der Waals surface area contributed by atoms with Crippen molar-refractivity contribution in [1.82, 2.24) is 19.6 Å². The number of aryl methyl sites for hydroxylation is 1. The molecular formula is C25H22F2N6O2. The molecule has 35 heavy (non-hydrogen) atoms. The Morgan fingerprint density at radius 2 is 1.89 bits per heavy atom. The fourth-order valence-corrected chi connectivity index (χ4v) is 4.55. The Bertz CT molecular complexity index is 1420. The largest absolute Gasteiger partial charge is 0.380 e. The van der Waals surface area contributed by atoms with Gasteiger partial charge in [0, 0.05) is 48.6 Å². The summed E-state index contributed by atoms with van der Waals surface area (Å²) in [5.41, 5.74) is 4.31. The first-order chi connectivity index (χ1) is 16.9. The Hall–Kier alpha value is -3.92. The average molecular weight is 476 g/mol. The van der Waals surface area contributed by atoms with E-state index in [1.54, 1.807) is 22.8 Å². The average Bonchev–Trinajstić information content (AvgIpc) is 3.22. The van der Waals surface area contributed by atoms with Crippen molar-refractivity contribution >= 4 is 22.8 Å². The van der Waals surface area contributed by atoms with Crippen LogP contribution >= 0.6 is 0 Å². The molecule has 0 radical (unpaired) electrons. The molecule has 6 rings (SSSR count). The molecule has 0 aliphatic carbocycles. The summed E-state index contributed by atoms with van der Waals surface area (Å²) in [5, 5.41) is 7.28. The van der Waals surface area contributed by atoms with Crippen LogP contribution in [0.5, 0.6) is 0 Å². The van der Waals surface area contributed by atoms with E-state index in [1.807, 2.05) is 31.3 Å². The standard InChI is InChI=1S/C25H22F2N6O2/c1-15-2-3-16(23-28-8-17(9-29-23)22(26)27)6-20(15)31-24(34)19-10-30-33-5-4-18(7-21(19)33)32-11-25(12-32)13-35-14-25/h2-10,22H,11-14H2,1H3,(H,31,34). The number of rotatable bonds is 5. The SMILES string of the molecule is Cc1ccc(-c2ncc(C(F)F)cn2)cc1NC(=O)c1cnn2ccc(N3CC4(COC4)C3)cc12. The zero-order chi connectivity index (χ0) is 24.2. The van der Waals surface area contributed by atoms with Crippen LogP contribution in [-0.4, -0.2) is 51.8 Å². The second-order valence-electron chi connectivity index (χ2n) is 9.25. The number of ether oxygens (including phenoxy) is 1. The van der Waals surface area contributed by atoms with E-state index in [0.717, 1.165) is 49.9 Å². The van der Waals surface area contributed by atoms with Gasteiger partial charge in [-0.1, -0.05) is 12.1 Å². The first-order valence-electron chi connectivity index (χ1n) is 11.2. The van der Waals surface area contributed by atoms with Gasteiger partial charge in [-0.25, -0.2) is 23.3 Å². The molecule has 0 atom stereocenters. The minimum atomic E-state index is -2.63. The Labute approximate surface area is 199 Å². The maximum atomic E-state index is 13.2. The van der Waals surface area contributed by atoms with E-state index in [4.69, 9.17) is 4.74 Å². The Balaban J connectivity index is 1.24. The lowest BCUT2D eigenvalue weighted by molar-refractivity contribution is -0.127. The number of aromatic nitrogens is 4. The molecular weight excluding hydrogens is 454 g/mol. The summed E-state index contributed by atoms with van der Waals surface area (Å²) in [7, 11) is 0. The van der Waals surface area contributed by atoms with Crippen LogP contribution < -0.4 is 10.2 Å². The molecule has 1 N–H and O–H groups in total. The van der Waals surface area contributed by atoms with Gasteiger partial charge in [0.25, 0.3) is 12.3 Å². The molecule has 4 aromatic rings. The van der Waals surface area contributed by atoms with Crippen molar-refractivity contribution in [3.63, 3.8) is 0 Å². The summed E-state index contributed by atoms with van der Waals surface area (Å²) in [6.45, 7) is 5.40. The molecule has 0 saturated carbocycles. The lowest BCUT2D eigenvalue weighted by atomic mass is 9.78. The summed E-state index contributed by atoms with van der Waals surface area (Å²) < 4.78 is 32.7. The quantitative estimate of drug-likeness (QED) is 0.466. The smallest absolute Gasteiger partial charge is 0.266 e. The fourth-order valence-electron chi connectivity index (χ4n) is 4.55. The number of carbonyl (C=O) groups excluding carboxylic acids is 1. The number of anilines is 2. The zero-order valence-electron chi connectivity index (χ0n) is 18.9. The van der Waals surface area contributed by atoms with Gasteiger partial charge in [0.05, 0.1) is 41.5 Å². The Morgan fingerprint density at radius 1 is 1.11 bits per heavy atom. The van der Waals surface area contributed by atoms with Gasteiger partial charge in [-0.2, -0.15) is 5.10 Å². The molecule has 2 fully saturated rings. The highest BCUT2D eigenvalue weighted by Crippen LogP contribution is 2.40. The van der Waals surface area contributed by atoms with Gasteiger partial charge in [0.2, 0.25) is 0 Å². The molecule has 178 valence electrons. The Kier molecular flexibility index (Phi) is 4.99. The van der Waals surface area contributed by atoms with Crippen LogP contribution in [0.2, 0.25) is 0 Å². The molecule has 0 bridgehead atoms. The van der Waals surface area contributed by atoms with Crippen molar-refractivity contribution in [3.05, 3.63) is 71.8 Å². The summed E-state index contributed by atoms with van der Waals surface area (Å²) in [6.07, 6.45) is 3.00. The second kappa shape index (κ2) is 8.09. The maximum Gasteiger partial charge on any atom is 0.266 e. The fraction of sp³-hybridized carbons (Fsp3) is 0.280. The molecule has 1 amide bonds. The molecule has 10 heteroatoms. The lowest BCUT2D eigenvalue weighted by Crippen LogP contribution is -2.66. The Morgan fingerprint density at radius 3 is 2.57 bits per heavy atom. The molecule has 1 aromatic carbocycles. The third-order valence-electron chi connectivity index (χ3n) is 6.65. The normalized spacial score (nSPS) is 16.4. The van der Waals surface area contributed by atoms with E-state index in [9.17, 15) is 13.6 Å². The highest BCUT2D eigenvalue weighted by Gasteiger charge is 2.49. The maximum absolute atomic E-state index is 13.2. The van der Waals surface area contributed by atoms with E-state index in [-0.39, 0.29) is 11.5 Å². The third-order valence-corrected chi connectivity index (χ3v) is 6.65. The summed E-state index contributed by atoms with van der Waals surface area (Å²) in [4.78, 5) is 23.6. The molecule has 2 aliphatic rings. The van der Waals surface area contributed by atoms with Crippen LogP contribution in [0, 0.1) is 12.3 Å². The van der Waals surface area contributed by atoms with Crippen LogP contribution in [0.3, 0.4) is 0 Å². The van der Waals surface area contributed by atoms with Crippen LogP contribution in [0.15, 0.2) is 55.1 Å². The predicted octanol–water partition coefficient (Wildman–Crippen LogP) is 4.13. The van der Waals surface area contributed by atoms with E-state index < -0.39 is 6.43 Å². The molecule has 2 aliphatic heterocycles. The van der Waals surface area contributed by atoms with Crippen molar-refractivity contribution in [3.8, 4) is 11.4 Å². The van der Waals surface area contributed by atoms with Crippen molar-refractivity contribution in [2.24, 2.45) is 5.41 Å². The van der Waals surface area contributed by atoms with E-state index in [1.165, 1.54) is 0 Å². The highest BCUT2D eigenvalue weighted by atomic mass is 19.3. The number of benzene rings is 1. The highest BCUT2D eigenvalue weighted by molar-refractivity contribution is 6.09. The molecule has 8 nitrogen and oxygen atoms in total. The van der Waals surface area contributed by atoms with Crippen molar-refractivity contribution < 1.29 is 18.3 Å². The van der Waals surface area contributed by atoms with Gasteiger partial charge < -0.3 is 15.0 Å². The number of hydrogen-bond acceptors (Lipinski definition) is 6. The van der Waals surface area contributed by atoms with E-state index in [0.29, 0.717) is 33.6 Å². The van der Waals surface area contributed by atoms with Crippen LogP contribution in [-0.2, 0) is 4.74 Å².